The minimum atomic E-state index is 0.826. The molecule has 0 aromatic heterocycles. The van der Waals surface area contributed by atoms with Crippen LogP contribution in [0.15, 0.2) is 0 Å². The van der Waals surface area contributed by atoms with E-state index in [2.05, 4.69) is 12.2 Å². The number of ether oxygens (including phenoxy) is 1. The Bertz CT molecular complexity index is 191. The second kappa shape index (κ2) is 6.61. The average molecular weight is 225 g/mol. The van der Waals surface area contributed by atoms with Gasteiger partial charge in [-0.2, -0.15) is 0 Å². The zero-order valence-electron chi connectivity index (χ0n) is 10.7. The standard InChI is InChI=1S/C14H27NO/c1-2-9-16-11-13-6-4-3-5-12(13)10-15-14-7-8-14/h12-15H,2-11H2,1H3. The van der Waals surface area contributed by atoms with Crippen LogP contribution in [0.2, 0.25) is 0 Å². The second-order valence-electron chi connectivity index (χ2n) is 5.56. The quantitative estimate of drug-likeness (QED) is 0.673. The normalized spacial score (nSPS) is 30.6. The van der Waals surface area contributed by atoms with E-state index in [-0.39, 0.29) is 0 Å². The lowest BCUT2D eigenvalue weighted by Crippen LogP contribution is -2.33. The molecular formula is C14H27NO. The molecule has 2 fully saturated rings. The van der Waals surface area contributed by atoms with Crippen molar-refractivity contribution in [3.05, 3.63) is 0 Å². The highest BCUT2D eigenvalue weighted by Gasteiger charge is 2.27. The summed E-state index contributed by atoms with van der Waals surface area (Å²) in [5, 5.41) is 3.69. The van der Waals surface area contributed by atoms with Crippen molar-refractivity contribution in [3.63, 3.8) is 0 Å². The molecule has 2 aliphatic carbocycles. The van der Waals surface area contributed by atoms with Crippen molar-refractivity contribution in [1.29, 1.82) is 0 Å². The first-order chi connectivity index (χ1) is 7.90. The minimum absolute atomic E-state index is 0.826. The summed E-state index contributed by atoms with van der Waals surface area (Å²) in [7, 11) is 0. The third kappa shape index (κ3) is 4.06. The molecular weight excluding hydrogens is 198 g/mol. The van der Waals surface area contributed by atoms with E-state index in [0.29, 0.717) is 0 Å². The maximum absolute atomic E-state index is 5.75. The largest absolute Gasteiger partial charge is 0.381 e. The molecule has 0 spiro atoms. The Labute approximate surface area is 100 Å². The van der Waals surface area contributed by atoms with Crippen LogP contribution in [0.1, 0.15) is 51.9 Å². The first-order valence-electron chi connectivity index (χ1n) is 7.21. The molecule has 2 saturated carbocycles. The lowest BCUT2D eigenvalue weighted by Gasteiger charge is -2.31. The predicted molar refractivity (Wildman–Crippen MR) is 67.6 cm³/mol. The maximum atomic E-state index is 5.75. The summed E-state index contributed by atoms with van der Waals surface area (Å²) in [5.74, 6) is 1.71. The number of rotatable bonds is 7. The Morgan fingerprint density at radius 1 is 1.06 bits per heavy atom. The fourth-order valence-electron chi connectivity index (χ4n) is 2.76. The van der Waals surface area contributed by atoms with Gasteiger partial charge in [0.2, 0.25) is 0 Å². The van der Waals surface area contributed by atoms with E-state index < -0.39 is 0 Å². The van der Waals surface area contributed by atoms with E-state index in [1.54, 1.807) is 0 Å². The smallest absolute Gasteiger partial charge is 0.0497 e. The molecule has 2 nitrogen and oxygen atoms in total. The van der Waals surface area contributed by atoms with Crippen LogP contribution in [0, 0.1) is 11.8 Å². The van der Waals surface area contributed by atoms with Crippen LogP contribution in [0.5, 0.6) is 0 Å². The van der Waals surface area contributed by atoms with Crippen molar-refractivity contribution in [1.82, 2.24) is 5.32 Å². The molecule has 0 aromatic carbocycles. The summed E-state index contributed by atoms with van der Waals surface area (Å²) >= 11 is 0. The summed E-state index contributed by atoms with van der Waals surface area (Å²) < 4.78 is 5.75. The van der Waals surface area contributed by atoms with Crippen molar-refractivity contribution >= 4 is 0 Å². The van der Waals surface area contributed by atoms with Crippen LogP contribution in [0.3, 0.4) is 0 Å². The summed E-state index contributed by atoms with van der Waals surface area (Å²) in [6, 6.07) is 0.860. The average Bonchev–Trinajstić information content (AvgIpc) is 3.12. The minimum Gasteiger partial charge on any atom is -0.381 e. The molecule has 0 aliphatic heterocycles. The van der Waals surface area contributed by atoms with Crippen molar-refractivity contribution in [2.45, 2.75) is 57.9 Å². The van der Waals surface area contributed by atoms with Crippen molar-refractivity contribution in [2.75, 3.05) is 19.8 Å². The molecule has 0 heterocycles. The van der Waals surface area contributed by atoms with E-state index in [1.165, 1.54) is 45.1 Å². The van der Waals surface area contributed by atoms with Gasteiger partial charge in [0, 0.05) is 19.3 Å². The molecule has 2 heteroatoms. The molecule has 16 heavy (non-hydrogen) atoms. The molecule has 0 saturated heterocycles. The van der Waals surface area contributed by atoms with Crippen LogP contribution in [0.4, 0.5) is 0 Å². The van der Waals surface area contributed by atoms with E-state index in [0.717, 1.165) is 37.5 Å². The summed E-state index contributed by atoms with van der Waals surface area (Å²) in [4.78, 5) is 0. The third-order valence-corrected chi connectivity index (χ3v) is 3.99. The zero-order chi connectivity index (χ0) is 11.2. The first-order valence-corrected chi connectivity index (χ1v) is 7.21. The first kappa shape index (κ1) is 12.4. The monoisotopic (exact) mass is 225 g/mol. The Morgan fingerprint density at radius 3 is 2.50 bits per heavy atom. The highest BCUT2D eigenvalue weighted by molar-refractivity contribution is 4.84. The van der Waals surface area contributed by atoms with Crippen LogP contribution in [-0.4, -0.2) is 25.8 Å². The van der Waals surface area contributed by atoms with Gasteiger partial charge in [-0.15, -0.1) is 0 Å². The molecule has 0 bridgehead atoms. The Morgan fingerprint density at radius 2 is 1.81 bits per heavy atom. The van der Waals surface area contributed by atoms with Crippen LogP contribution < -0.4 is 5.32 Å². The fraction of sp³-hybridized carbons (Fsp3) is 1.00. The molecule has 94 valence electrons. The van der Waals surface area contributed by atoms with Gasteiger partial charge in [0.1, 0.15) is 0 Å². The summed E-state index contributed by atoms with van der Waals surface area (Å²) in [6.45, 7) is 5.38. The van der Waals surface area contributed by atoms with Crippen molar-refractivity contribution in [2.24, 2.45) is 11.8 Å². The molecule has 0 radical (unpaired) electrons. The SMILES string of the molecule is CCCOCC1CCCCC1CNC1CC1. The van der Waals surface area contributed by atoms with Gasteiger partial charge < -0.3 is 10.1 Å². The van der Waals surface area contributed by atoms with Crippen molar-refractivity contribution in [3.8, 4) is 0 Å². The molecule has 2 rings (SSSR count). The number of nitrogens with one attached hydrogen (secondary N) is 1. The summed E-state index contributed by atoms with van der Waals surface area (Å²) in [6.07, 6.45) is 9.62. The van der Waals surface area contributed by atoms with Gasteiger partial charge in [-0.05, 0) is 50.5 Å². The lowest BCUT2D eigenvalue weighted by atomic mass is 9.79. The Kier molecular flexibility index (Phi) is 5.11. The molecule has 2 unspecified atom stereocenters. The Balaban J connectivity index is 1.67. The Hall–Kier alpha value is -0.0800. The fourth-order valence-corrected chi connectivity index (χ4v) is 2.76. The summed E-state index contributed by atoms with van der Waals surface area (Å²) in [5.41, 5.74) is 0. The predicted octanol–water partition coefficient (Wildman–Crippen LogP) is 2.97. The van der Waals surface area contributed by atoms with Gasteiger partial charge in [0.15, 0.2) is 0 Å². The van der Waals surface area contributed by atoms with Crippen LogP contribution >= 0.6 is 0 Å². The van der Waals surface area contributed by atoms with E-state index in [1.807, 2.05) is 0 Å². The molecule has 2 atom stereocenters. The molecule has 2 aliphatic rings. The number of hydrogen-bond acceptors (Lipinski definition) is 2. The van der Waals surface area contributed by atoms with E-state index in [9.17, 15) is 0 Å². The zero-order valence-corrected chi connectivity index (χ0v) is 10.7. The molecule has 0 amide bonds. The van der Waals surface area contributed by atoms with Gasteiger partial charge in [0.25, 0.3) is 0 Å². The van der Waals surface area contributed by atoms with Gasteiger partial charge >= 0.3 is 0 Å². The third-order valence-electron chi connectivity index (χ3n) is 3.99. The van der Waals surface area contributed by atoms with Crippen LogP contribution in [-0.2, 0) is 4.74 Å². The van der Waals surface area contributed by atoms with E-state index in [4.69, 9.17) is 4.74 Å². The van der Waals surface area contributed by atoms with Crippen molar-refractivity contribution < 1.29 is 4.74 Å². The van der Waals surface area contributed by atoms with Gasteiger partial charge in [0.05, 0.1) is 0 Å². The van der Waals surface area contributed by atoms with Gasteiger partial charge in [-0.1, -0.05) is 19.8 Å². The van der Waals surface area contributed by atoms with E-state index >= 15 is 0 Å². The second-order valence-corrected chi connectivity index (χ2v) is 5.56. The highest BCUT2D eigenvalue weighted by atomic mass is 16.5. The highest BCUT2D eigenvalue weighted by Crippen LogP contribution is 2.30. The molecule has 0 aromatic rings. The van der Waals surface area contributed by atoms with Crippen LogP contribution in [0.25, 0.3) is 0 Å². The lowest BCUT2D eigenvalue weighted by molar-refractivity contribution is 0.0590. The van der Waals surface area contributed by atoms with Gasteiger partial charge in [-0.3, -0.25) is 0 Å². The number of hydrogen-bond donors (Lipinski definition) is 1. The van der Waals surface area contributed by atoms with Gasteiger partial charge in [-0.25, -0.2) is 0 Å². The topological polar surface area (TPSA) is 21.3 Å². The molecule has 1 N–H and O–H groups in total. The maximum Gasteiger partial charge on any atom is 0.0497 e.